The maximum Gasteiger partial charge on any atom is 0.416 e. The molecule has 1 heterocycles. The molecule has 0 saturated carbocycles. The zero-order valence-corrected chi connectivity index (χ0v) is 11.7. The third-order valence-electron chi connectivity index (χ3n) is 3.16. The summed E-state index contributed by atoms with van der Waals surface area (Å²) in [6, 6.07) is 8.73. The predicted octanol–water partition coefficient (Wildman–Crippen LogP) is 3.84. The first kappa shape index (κ1) is 14.5. The van der Waals surface area contributed by atoms with Crippen LogP contribution in [0.25, 0.3) is 10.2 Å². The molecule has 3 nitrogen and oxygen atoms in total. The predicted molar refractivity (Wildman–Crippen MR) is 77.3 cm³/mol. The number of carbonyl (C=O) groups excluding carboxylic acids is 1. The molecule has 0 bridgehead atoms. The molecule has 0 radical (unpaired) electrons. The Morgan fingerprint density at radius 1 is 1.00 bits per heavy atom. The maximum absolute atomic E-state index is 12.5. The first-order valence-corrected chi connectivity index (χ1v) is 7.01. The van der Waals surface area contributed by atoms with Gasteiger partial charge < -0.3 is 4.98 Å². The Balaban J connectivity index is 1.96. The molecule has 112 valence electrons. The zero-order valence-electron chi connectivity index (χ0n) is 10.9. The number of fused-ring (bicyclic) bond motifs is 1. The van der Waals surface area contributed by atoms with E-state index in [1.165, 1.54) is 6.07 Å². The van der Waals surface area contributed by atoms with E-state index >= 15 is 0 Å². The number of H-pyrrole nitrogens is 1. The van der Waals surface area contributed by atoms with E-state index in [0.29, 0.717) is 15.8 Å². The van der Waals surface area contributed by atoms with Crippen molar-refractivity contribution in [1.82, 2.24) is 4.98 Å². The lowest BCUT2D eigenvalue weighted by Gasteiger charge is -2.07. The van der Waals surface area contributed by atoms with Crippen LogP contribution >= 0.6 is 11.3 Å². The van der Waals surface area contributed by atoms with E-state index in [2.05, 4.69) is 4.98 Å². The van der Waals surface area contributed by atoms with Crippen LogP contribution in [0, 0.1) is 0 Å². The van der Waals surface area contributed by atoms with Crippen LogP contribution in [0.1, 0.15) is 21.5 Å². The SMILES string of the molecule is O=C(c1ccc(C(F)(F)F)cc1)c1ccc2[nH]c(=O)sc2c1. The van der Waals surface area contributed by atoms with Crippen molar-refractivity contribution in [3.8, 4) is 0 Å². The number of ketones is 1. The summed E-state index contributed by atoms with van der Waals surface area (Å²) in [4.78, 5) is 25.9. The minimum atomic E-state index is -4.43. The molecular formula is C15H8F3NO2S. The standard InChI is InChI=1S/C15H8F3NO2S/c16-15(17,18)10-4-1-8(2-5-10)13(20)9-3-6-11-12(7-9)22-14(21)19-11/h1-7H,(H,19,21). The highest BCUT2D eigenvalue weighted by Crippen LogP contribution is 2.29. The quantitative estimate of drug-likeness (QED) is 0.729. The van der Waals surface area contributed by atoms with Gasteiger partial charge in [0.05, 0.1) is 15.8 Å². The smallest absolute Gasteiger partial charge is 0.312 e. The molecule has 0 aliphatic carbocycles. The summed E-state index contributed by atoms with van der Waals surface area (Å²) < 4.78 is 38.1. The highest BCUT2D eigenvalue weighted by molar-refractivity contribution is 7.16. The number of thiazole rings is 1. The van der Waals surface area contributed by atoms with Gasteiger partial charge in [-0.2, -0.15) is 13.2 Å². The molecule has 1 aromatic heterocycles. The number of carbonyl (C=O) groups is 1. The third kappa shape index (κ3) is 2.67. The van der Waals surface area contributed by atoms with Gasteiger partial charge in [-0.1, -0.05) is 23.5 Å². The van der Waals surface area contributed by atoms with Crippen LogP contribution in [-0.2, 0) is 6.18 Å². The number of hydrogen-bond acceptors (Lipinski definition) is 3. The van der Waals surface area contributed by atoms with E-state index < -0.39 is 17.5 Å². The molecule has 7 heteroatoms. The van der Waals surface area contributed by atoms with E-state index in [9.17, 15) is 22.8 Å². The number of benzene rings is 2. The number of alkyl halides is 3. The van der Waals surface area contributed by atoms with E-state index in [1.54, 1.807) is 12.1 Å². The topological polar surface area (TPSA) is 49.9 Å². The molecule has 0 unspecified atom stereocenters. The highest BCUT2D eigenvalue weighted by atomic mass is 32.1. The second kappa shape index (κ2) is 5.10. The van der Waals surface area contributed by atoms with Crippen molar-refractivity contribution in [1.29, 1.82) is 0 Å². The Hall–Kier alpha value is -2.41. The van der Waals surface area contributed by atoms with Gasteiger partial charge in [-0.3, -0.25) is 9.59 Å². The summed E-state index contributed by atoms with van der Waals surface area (Å²) in [5.41, 5.74) is 0.306. The molecule has 2 aromatic carbocycles. The van der Waals surface area contributed by atoms with Crippen LogP contribution in [0.2, 0.25) is 0 Å². The lowest BCUT2D eigenvalue weighted by molar-refractivity contribution is -0.137. The van der Waals surface area contributed by atoms with E-state index in [4.69, 9.17) is 0 Å². The summed E-state index contributed by atoms with van der Waals surface area (Å²) >= 11 is 0.973. The Morgan fingerprint density at radius 3 is 2.27 bits per heavy atom. The van der Waals surface area contributed by atoms with Crippen molar-refractivity contribution in [2.45, 2.75) is 6.18 Å². The first-order chi connectivity index (χ1) is 10.3. The van der Waals surface area contributed by atoms with Crippen LogP contribution in [0.4, 0.5) is 13.2 Å². The normalized spacial score (nSPS) is 11.8. The fourth-order valence-corrected chi connectivity index (χ4v) is 2.84. The van der Waals surface area contributed by atoms with Gasteiger partial charge in [0, 0.05) is 11.1 Å². The van der Waals surface area contributed by atoms with E-state index in [0.717, 1.165) is 35.6 Å². The third-order valence-corrected chi connectivity index (χ3v) is 4.00. The van der Waals surface area contributed by atoms with Gasteiger partial charge in [0.25, 0.3) is 0 Å². The van der Waals surface area contributed by atoms with Crippen molar-refractivity contribution in [2.75, 3.05) is 0 Å². The molecule has 0 aliphatic rings. The Labute approximate surface area is 126 Å². The van der Waals surface area contributed by atoms with Crippen LogP contribution in [0.3, 0.4) is 0 Å². The average Bonchev–Trinajstić information content (AvgIpc) is 2.84. The number of aromatic amines is 1. The zero-order chi connectivity index (χ0) is 15.9. The number of rotatable bonds is 2. The molecule has 3 rings (SSSR count). The van der Waals surface area contributed by atoms with Crippen molar-refractivity contribution < 1.29 is 18.0 Å². The average molecular weight is 323 g/mol. The van der Waals surface area contributed by atoms with E-state index in [1.807, 2.05) is 0 Å². The highest BCUT2D eigenvalue weighted by Gasteiger charge is 2.30. The molecule has 0 aliphatic heterocycles. The van der Waals surface area contributed by atoms with Crippen molar-refractivity contribution in [3.05, 3.63) is 68.8 Å². The van der Waals surface area contributed by atoms with Crippen LogP contribution in [0.15, 0.2) is 47.3 Å². The first-order valence-electron chi connectivity index (χ1n) is 6.19. The summed E-state index contributed by atoms with van der Waals surface area (Å²) in [7, 11) is 0. The van der Waals surface area contributed by atoms with Gasteiger partial charge in [0.1, 0.15) is 0 Å². The molecule has 0 atom stereocenters. The molecule has 0 saturated heterocycles. The van der Waals surface area contributed by atoms with Crippen LogP contribution in [0.5, 0.6) is 0 Å². The minimum Gasteiger partial charge on any atom is -0.312 e. The largest absolute Gasteiger partial charge is 0.416 e. The minimum absolute atomic E-state index is 0.162. The summed E-state index contributed by atoms with van der Waals surface area (Å²) in [6.07, 6.45) is -4.43. The summed E-state index contributed by atoms with van der Waals surface area (Å²) in [5.74, 6) is -0.392. The molecular weight excluding hydrogens is 315 g/mol. The van der Waals surface area contributed by atoms with Crippen molar-refractivity contribution >= 4 is 27.3 Å². The molecule has 3 aromatic rings. The Morgan fingerprint density at radius 2 is 1.64 bits per heavy atom. The fraction of sp³-hybridized carbons (Fsp3) is 0.0667. The van der Waals surface area contributed by atoms with Gasteiger partial charge in [-0.05, 0) is 30.3 Å². The van der Waals surface area contributed by atoms with Gasteiger partial charge >= 0.3 is 11.0 Å². The van der Waals surface area contributed by atoms with Crippen LogP contribution < -0.4 is 4.87 Å². The summed E-state index contributed by atoms with van der Waals surface area (Å²) in [5, 5.41) is 0. The second-order valence-electron chi connectivity index (χ2n) is 4.63. The maximum atomic E-state index is 12.5. The molecule has 1 N–H and O–H groups in total. The fourth-order valence-electron chi connectivity index (χ4n) is 2.06. The van der Waals surface area contributed by atoms with Crippen molar-refractivity contribution in [2.24, 2.45) is 0 Å². The molecule has 0 spiro atoms. The number of halogens is 3. The molecule has 0 fully saturated rings. The van der Waals surface area contributed by atoms with E-state index in [-0.39, 0.29) is 10.4 Å². The van der Waals surface area contributed by atoms with Gasteiger partial charge in [0.2, 0.25) is 0 Å². The van der Waals surface area contributed by atoms with Crippen molar-refractivity contribution in [3.63, 3.8) is 0 Å². The van der Waals surface area contributed by atoms with Gasteiger partial charge in [-0.25, -0.2) is 0 Å². The molecule has 0 amide bonds. The lowest BCUT2D eigenvalue weighted by atomic mass is 10.0. The number of hydrogen-bond donors (Lipinski definition) is 1. The van der Waals surface area contributed by atoms with Crippen LogP contribution in [-0.4, -0.2) is 10.8 Å². The monoisotopic (exact) mass is 323 g/mol. The lowest BCUT2D eigenvalue weighted by Crippen LogP contribution is -2.06. The second-order valence-corrected chi connectivity index (χ2v) is 5.64. The van der Waals surface area contributed by atoms with Gasteiger partial charge in [-0.15, -0.1) is 0 Å². The Bertz CT molecular complexity index is 907. The Kier molecular flexibility index (Phi) is 3.37. The molecule has 22 heavy (non-hydrogen) atoms. The summed E-state index contributed by atoms with van der Waals surface area (Å²) in [6.45, 7) is 0. The number of nitrogens with one attached hydrogen (secondary N) is 1. The number of aromatic nitrogens is 1. The van der Waals surface area contributed by atoms with Gasteiger partial charge in [0.15, 0.2) is 5.78 Å².